The third kappa shape index (κ3) is 1.23. The predicted molar refractivity (Wildman–Crippen MR) is 46.4 cm³/mol. The minimum atomic E-state index is 0.987. The quantitative estimate of drug-likeness (QED) is 0.637. The third-order valence-corrected chi connectivity index (χ3v) is 1.69. The van der Waals surface area contributed by atoms with E-state index in [0.29, 0.717) is 0 Å². The molecule has 2 aromatic rings. The van der Waals surface area contributed by atoms with E-state index in [1.165, 1.54) is 0 Å². The summed E-state index contributed by atoms with van der Waals surface area (Å²) >= 11 is 0. The van der Waals surface area contributed by atoms with Gasteiger partial charge in [0.05, 0.1) is 6.20 Å². The van der Waals surface area contributed by atoms with Crippen LogP contribution in [0.25, 0.3) is 11.1 Å². The minimum absolute atomic E-state index is 0.987. The Balaban J connectivity index is 2.48. The van der Waals surface area contributed by atoms with E-state index in [4.69, 9.17) is 4.52 Å². The standard InChI is InChI=1S/C10H8NO/c1-8-3-2-4-9(5-8)10-6-11-12-7-10/h2-7H,1H2. The second-order valence-electron chi connectivity index (χ2n) is 2.61. The Morgan fingerprint density at radius 2 is 2.17 bits per heavy atom. The van der Waals surface area contributed by atoms with E-state index in [9.17, 15) is 0 Å². The lowest BCUT2D eigenvalue weighted by atomic mass is 10.1. The molecule has 1 heterocycles. The average molecular weight is 158 g/mol. The fourth-order valence-corrected chi connectivity index (χ4v) is 1.10. The first-order valence-corrected chi connectivity index (χ1v) is 3.68. The number of hydrogen-bond donors (Lipinski definition) is 0. The predicted octanol–water partition coefficient (Wildman–Crippen LogP) is 2.52. The highest BCUT2D eigenvalue weighted by Crippen LogP contribution is 2.18. The van der Waals surface area contributed by atoms with Crippen LogP contribution in [-0.4, -0.2) is 5.16 Å². The number of benzene rings is 1. The summed E-state index contributed by atoms with van der Waals surface area (Å²) in [5, 5.41) is 3.63. The highest BCUT2D eigenvalue weighted by molar-refractivity contribution is 5.62. The van der Waals surface area contributed by atoms with Gasteiger partial charge in [-0.25, -0.2) is 0 Å². The molecular formula is C10H8NO. The lowest BCUT2D eigenvalue weighted by Crippen LogP contribution is -1.75. The fourth-order valence-electron chi connectivity index (χ4n) is 1.10. The smallest absolute Gasteiger partial charge is 0.131 e. The number of aromatic nitrogens is 1. The largest absolute Gasteiger partial charge is 0.364 e. The molecule has 59 valence electrons. The topological polar surface area (TPSA) is 26.0 Å². The second-order valence-corrected chi connectivity index (χ2v) is 2.61. The van der Waals surface area contributed by atoms with Gasteiger partial charge in [0.15, 0.2) is 0 Å². The maximum absolute atomic E-state index is 4.74. The van der Waals surface area contributed by atoms with Crippen LogP contribution in [0.1, 0.15) is 5.56 Å². The number of hydrogen-bond acceptors (Lipinski definition) is 2. The van der Waals surface area contributed by atoms with Gasteiger partial charge in [0.1, 0.15) is 6.26 Å². The van der Waals surface area contributed by atoms with Gasteiger partial charge in [-0.1, -0.05) is 29.4 Å². The first-order chi connectivity index (χ1) is 5.86. The van der Waals surface area contributed by atoms with E-state index in [1.807, 2.05) is 24.3 Å². The average Bonchev–Trinajstić information content (AvgIpc) is 2.56. The van der Waals surface area contributed by atoms with Crippen molar-refractivity contribution >= 4 is 0 Å². The second kappa shape index (κ2) is 2.81. The molecule has 1 aromatic heterocycles. The summed E-state index contributed by atoms with van der Waals surface area (Å²) < 4.78 is 4.74. The molecule has 0 amide bonds. The highest BCUT2D eigenvalue weighted by Gasteiger charge is 1.98. The van der Waals surface area contributed by atoms with E-state index in [0.717, 1.165) is 16.7 Å². The zero-order chi connectivity index (χ0) is 8.39. The maximum Gasteiger partial charge on any atom is 0.131 e. The van der Waals surface area contributed by atoms with Crippen molar-refractivity contribution in [1.82, 2.24) is 5.16 Å². The van der Waals surface area contributed by atoms with Crippen LogP contribution in [-0.2, 0) is 0 Å². The molecule has 2 rings (SSSR count). The van der Waals surface area contributed by atoms with Crippen molar-refractivity contribution in [2.45, 2.75) is 0 Å². The van der Waals surface area contributed by atoms with Crippen molar-refractivity contribution in [1.29, 1.82) is 0 Å². The van der Waals surface area contributed by atoms with Gasteiger partial charge >= 0.3 is 0 Å². The summed E-state index contributed by atoms with van der Waals surface area (Å²) in [5.41, 5.74) is 3.07. The van der Waals surface area contributed by atoms with Gasteiger partial charge in [-0.05, 0) is 18.1 Å². The van der Waals surface area contributed by atoms with Crippen molar-refractivity contribution in [3.63, 3.8) is 0 Å². The Bertz CT molecular complexity index is 365. The molecule has 0 atom stereocenters. The lowest BCUT2D eigenvalue weighted by molar-refractivity contribution is 0.420. The lowest BCUT2D eigenvalue weighted by Gasteiger charge is -1.96. The SMILES string of the molecule is [CH2]c1cccc(-c2cnoc2)c1. The Morgan fingerprint density at radius 3 is 2.83 bits per heavy atom. The Labute approximate surface area is 70.8 Å². The van der Waals surface area contributed by atoms with Crippen molar-refractivity contribution in [3.8, 4) is 11.1 Å². The van der Waals surface area contributed by atoms with E-state index in [2.05, 4.69) is 12.1 Å². The molecule has 1 aromatic carbocycles. The fraction of sp³-hybridized carbons (Fsp3) is 0. The highest BCUT2D eigenvalue weighted by atomic mass is 16.5. The Hall–Kier alpha value is -1.57. The maximum atomic E-state index is 4.74. The summed E-state index contributed by atoms with van der Waals surface area (Å²) in [6.45, 7) is 3.84. The van der Waals surface area contributed by atoms with Gasteiger partial charge in [0, 0.05) is 5.56 Å². The molecule has 0 saturated carbocycles. The van der Waals surface area contributed by atoms with Gasteiger partial charge in [-0.2, -0.15) is 0 Å². The van der Waals surface area contributed by atoms with E-state index >= 15 is 0 Å². The van der Waals surface area contributed by atoms with Crippen molar-refractivity contribution < 1.29 is 4.52 Å². The molecule has 2 nitrogen and oxygen atoms in total. The molecule has 0 fully saturated rings. The molecule has 0 aliphatic carbocycles. The molecule has 0 saturated heterocycles. The van der Waals surface area contributed by atoms with Crippen molar-refractivity contribution in [3.05, 3.63) is 49.2 Å². The van der Waals surface area contributed by atoms with Crippen LogP contribution in [0.3, 0.4) is 0 Å². The van der Waals surface area contributed by atoms with E-state index in [1.54, 1.807) is 12.5 Å². The van der Waals surface area contributed by atoms with Gasteiger partial charge < -0.3 is 4.52 Å². The molecule has 12 heavy (non-hydrogen) atoms. The van der Waals surface area contributed by atoms with Gasteiger partial charge in [0.2, 0.25) is 0 Å². The minimum Gasteiger partial charge on any atom is -0.364 e. The monoisotopic (exact) mass is 158 g/mol. The first kappa shape index (κ1) is 7.10. The van der Waals surface area contributed by atoms with Crippen LogP contribution in [0.5, 0.6) is 0 Å². The van der Waals surface area contributed by atoms with Crippen LogP contribution >= 0.6 is 0 Å². The molecule has 1 radical (unpaired) electrons. The molecule has 2 heteroatoms. The molecule has 0 aliphatic rings. The summed E-state index contributed by atoms with van der Waals surface area (Å²) in [7, 11) is 0. The molecule has 0 unspecified atom stereocenters. The van der Waals surface area contributed by atoms with Crippen LogP contribution in [0.4, 0.5) is 0 Å². The van der Waals surface area contributed by atoms with Crippen LogP contribution in [0.2, 0.25) is 0 Å². The Kier molecular flexibility index (Phi) is 1.67. The van der Waals surface area contributed by atoms with Crippen LogP contribution < -0.4 is 0 Å². The normalized spacial score (nSPS) is 10.1. The summed E-state index contributed by atoms with van der Waals surface area (Å²) in [4.78, 5) is 0. The summed E-state index contributed by atoms with van der Waals surface area (Å²) in [6.07, 6.45) is 3.31. The van der Waals surface area contributed by atoms with Crippen LogP contribution in [0.15, 0.2) is 41.2 Å². The van der Waals surface area contributed by atoms with Crippen molar-refractivity contribution in [2.24, 2.45) is 0 Å². The zero-order valence-corrected chi connectivity index (χ0v) is 6.53. The zero-order valence-electron chi connectivity index (χ0n) is 6.53. The number of nitrogens with zero attached hydrogens (tertiary/aromatic N) is 1. The molecule has 0 bridgehead atoms. The van der Waals surface area contributed by atoms with E-state index < -0.39 is 0 Å². The van der Waals surface area contributed by atoms with Gasteiger partial charge in [-0.15, -0.1) is 0 Å². The summed E-state index contributed by atoms with van der Waals surface area (Å²) in [5.74, 6) is 0. The molecule has 0 N–H and O–H groups in total. The molecule has 0 spiro atoms. The number of rotatable bonds is 1. The summed E-state index contributed by atoms with van der Waals surface area (Å²) in [6, 6.07) is 7.91. The van der Waals surface area contributed by atoms with Crippen molar-refractivity contribution in [2.75, 3.05) is 0 Å². The first-order valence-electron chi connectivity index (χ1n) is 3.68. The van der Waals surface area contributed by atoms with Gasteiger partial charge in [0.25, 0.3) is 0 Å². The third-order valence-electron chi connectivity index (χ3n) is 1.69. The Morgan fingerprint density at radius 1 is 1.25 bits per heavy atom. The van der Waals surface area contributed by atoms with Crippen LogP contribution in [0, 0.1) is 6.92 Å². The molecular weight excluding hydrogens is 150 g/mol. The van der Waals surface area contributed by atoms with E-state index in [-0.39, 0.29) is 0 Å². The molecule has 0 aliphatic heterocycles. The van der Waals surface area contributed by atoms with Gasteiger partial charge in [-0.3, -0.25) is 0 Å².